The van der Waals surface area contributed by atoms with Crippen molar-refractivity contribution in [1.29, 1.82) is 0 Å². The number of carbonyl (C=O) groups excluding carboxylic acids is 1. The molecule has 0 saturated carbocycles. The first kappa shape index (κ1) is 21.0. The maximum absolute atomic E-state index is 12.1. The molecule has 5 nitrogen and oxygen atoms in total. The summed E-state index contributed by atoms with van der Waals surface area (Å²) in [5.41, 5.74) is 4.39. The van der Waals surface area contributed by atoms with Crippen LogP contribution in [0.5, 0.6) is 5.75 Å². The highest BCUT2D eigenvalue weighted by molar-refractivity contribution is 5.76. The van der Waals surface area contributed by atoms with Crippen LogP contribution in [0.2, 0.25) is 0 Å². The lowest BCUT2D eigenvalue weighted by Gasteiger charge is -2.14. The van der Waals surface area contributed by atoms with Crippen molar-refractivity contribution in [2.75, 3.05) is 21.2 Å². The number of carbonyl (C=O) groups is 1. The fraction of sp³-hybridized carbons (Fsp3) is 0.545. The van der Waals surface area contributed by atoms with Gasteiger partial charge in [0.05, 0.1) is 12.8 Å². The predicted octanol–water partition coefficient (Wildman–Crippen LogP) is 4.50. The van der Waals surface area contributed by atoms with Gasteiger partial charge < -0.3 is 9.64 Å². The number of amides is 1. The Labute approximate surface area is 163 Å². The first-order valence-corrected chi connectivity index (χ1v) is 9.85. The molecule has 0 spiro atoms. The van der Waals surface area contributed by atoms with Gasteiger partial charge in [-0.2, -0.15) is 5.10 Å². The summed E-state index contributed by atoms with van der Waals surface area (Å²) in [6, 6.07) is 6.36. The van der Waals surface area contributed by atoms with Crippen LogP contribution >= 0.6 is 0 Å². The van der Waals surface area contributed by atoms with Crippen molar-refractivity contribution in [3.05, 3.63) is 35.5 Å². The van der Waals surface area contributed by atoms with E-state index in [1.807, 2.05) is 12.3 Å². The molecule has 0 aliphatic heterocycles. The second kappa shape index (κ2) is 9.58. The van der Waals surface area contributed by atoms with E-state index in [1.54, 1.807) is 30.8 Å². The van der Waals surface area contributed by atoms with Crippen LogP contribution in [0, 0.1) is 0 Å². The Hall–Kier alpha value is -2.30. The van der Waals surface area contributed by atoms with Gasteiger partial charge in [-0.15, -0.1) is 0 Å². The highest BCUT2D eigenvalue weighted by Gasteiger charge is 2.18. The van der Waals surface area contributed by atoms with E-state index in [9.17, 15) is 4.79 Å². The number of hydrogen-bond donors (Lipinski definition) is 0. The number of hydrogen-bond acceptors (Lipinski definition) is 3. The fourth-order valence-corrected chi connectivity index (χ4v) is 3.05. The Balaban J connectivity index is 2.51. The summed E-state index contributed by atoms with van der Waals surface area (Å²) in [5, 5.41) is 4.78. The summed E-state index contributed by atoms with van der Waals surface area (Å²) in [7, 11) is 5.23. The molecule has 2 aromatic rings. The van der Waals surface area contributed by atoms with Gasteiger partial charge in [-0.3, -0.25) is 9.48 Å². The third kappa shape index (κ3) is 5.12. The molecule has 1 heterocycles. The van der Waals surface area contributed by atoms with Crippen molar-refractivity contribution < 1.29 is 9.53 Å². The predicted molar refractivity (Wildman–Crippen MR) is 110 cm³/mol. The zero-order valence-electron chi connectivity index (χ0n) is 17.6. The van der Waals surface area contributed by atoms with Crippen molar-refractivity contribution in [2.45, 2.75) is 58.9 Å². The van der Waals surface area contributed by atoms with Crippen LogP contribution in [-0.4, -0.2) is 41.8 Å². The number of aryl methyl sites for hydroxylation is 1. The van der Waals surface area contributed by atoms with E-state index >= 15 is 0 Å². The number of unbranched alkanes of at least 4 members (excludes halogenated alkanes) is 1. The molecule has 1 atom stereocenters. The van der Waals surface area contributed by atoms with Crippen LogP contribution in [0.15, 0.2) is 24.4 Å². The first-order chi connectivity index (χ1) is 12.9. The Morgan fingerprint density at radius 2 is 2.04 bits per heavy atom. The average molecular weight is 372 g/mol. The molecule has 0 saturated heterocycles. The van der Waals surface area contributed by atoms with Crippen molar-refractivity contribution >= 4 is 5.91 Å². The van der Waals surface area contributed by atoms with E-state index in [4.69, 9.17) is 9.84 Å². The van der Waals surface area contributed by atoms with Crippen LogP contribution in [0.3, 0.4) is 0 Å². The molecular formula is C22H33N3O2. The molecule has 1 aromatic heterocycles. The minimum absolute atomic E-state index is 0.0337. The second-order valence-electron chi connectivity index (χ2n) is 7.36. The lowest BCUT2D eigenvalue weighted by molar-refractivity contribution is -0.129. The molecular weight excluding hydrogens is 338 g/mol. The quantitative estimate of drug-likeness (QED) is 0.652. The molecule has 0 fully saturated rings. The van der Waals surface area contributed by atoms with Crippen LogP contribution in [0.25, 0.3) is 11.3 Å². The number of nitrogens with zero attached hydrogens (tertiary/aromatic N) is 3. The van der Waals surface area contributed by atoms with Crippen LogP contribution in [-0.2, 0) is 17.8 Å². The highest BCUT2D eigenvalue weighted by Crippen LogP contribution is 2.35. The van der Waals surface area contributed by atoms with Gasteiger partial charge in [-0.05, 0) is 48.4 Å². The van der Waals surface area contributed by atoms with E-state index in [1.165, 1.54) is 11.1 Å². The highest BCUT2D eigenvalue weighted by atomic mass is 16.5. The monoisotopic (exact) mass is 371 g/mol. The van der Waals surface area contributed by atoms with Gasteiger partial charge >= 0.3 is 0 Å². The minimum Gasteiger partial charge on any atom is -0.496 e. The molecule has 0 aliphatic rings. The molecule has 0 N–H and O–H groups in total. The van der Waals surface area contributed by atoms with Crippen LogP contribution in [0.1, 0.15) is 57.1 Å². The molecule has 1 amide bonds. The Morgan fingerprint density at radius 3 is 2.63 bits per heavy atom. The summed E-state index contributed by atoms with van der Waals surface area (Å²) in [6.07, 6.45) is 6.25. The third-order valence-corrected chi connectivity index (χ3v) is 5.09. The number of rotatable bonds is 9. The number of likely N-dealkylation sites (N-methyl/N-ethyl adjacent to an activating group) is 1. The number of benzene rings is 1. The molecule has 148 valence electrons. The largest absolute Gasteiger partial charge is 0.496 e. The Kier molecular flexibility index (Phi) is 7.45. The summed E-state index contributed by atoms with van der Waals surface area (Å²) < 4.78 is 7.39. The summed E-state index contributed by atoms with van der Waals surface area (Å²) in [6.45, 7) is 6.87. The lowest BCUT2D eigenvalue weighted by Crippen LogP contribution is -2.26. The van der Waals surface area contributed by atoms with Gasteiger partial charge in [0, 0.05) is 25.9 Å². The summed E-state index contributed by atoms with van der Waals surface area (Å²) in [5.74, 6) is 1.33. The molecule has 2 rings (SSSR count). The Morgan fingerprint density at radius 1 is 1.30 bits per heavy atom. The second-order valence-corrected chi connectivity index (χ2v) is 7.36. The van der Waals surface area contributed by atoms with Gasteiger partial charge in [0.15, 0.2) is 0 Å². The topological polar surface area (TPSA) is 47.4 Å². The normalized spacial score (nSPS) is 12.1. The maximum atomic E-state index is 12.1. The molecule has 0 bridgehead atoms. The van der Waals surface area contributed by atoms with E-state index in [-0.39, 0.29) is 12.5 Å². The summed E-state index contributed by atoms with van der Waals surface area (Å²) >= 11 is 0. The summed E-state index contributed by atoms with van der Waals surface area (Å²) in [4.78, 5) is 13.7. The minimum atomic E-state index is 0.0337. The fourth-order valence-electron chi connectivity index (χ4n) is 3.05. The number of methoxy groups -OCH3 is 1. The third-order valence-electron chi connectivity index (χ3n) is 5.09. The van der Waals surface area contributed by atoms with Gasteiger partial charge in [0.1, 0.15) is 12.3 Å². The van der Waals surface area contributed by atoms with Gasteiger partial charge in [0.2, 0.25) is 5.91 Å². The molecule has 1 aromatic carbocycles. The molecule has 5 heteroatoms. The smallest absolute Gasteiger partial charge is 0.243 e. The molecule has 1 unspecified atom stereocenters. The standard InChI is InChI=1S/C22H33N3O2/c1-7-9-10-18-14-25(15-21(26)24(4)5)23-22(18)19-13-17(16(3)8-2)11-12-20(19)27-6/h11-14,16H,7-10,15H2,1-6H3. The molecule has 0 radical (unpaired) electrons. The average Bonchev–Trinajstić information content (AvgIpc) is 3.07. The van der Waals surface area contributed by atoms with Gasteiger partial charge in [-0.25, -0.2) is 0 Å². The van der Waals surface area contributed by atoms with E-state index in [2.05, 4.69) is 32.9 Å². The first-order valence-electron chi connectivity index (χ1n) is 9.85. The van der Waals surface area contributed by atoms with Gasteiger partial charge in [-0.1, -0.05) is 33.3 Å². The lowest BCUT2D eigenvalue weighted by atomic mass is 9.94. The number of ether oxygens (including phenoxy) is 1. The van der Waals surface area contributed by atoms with E-state index in [0.29, 0.717) is 5.92 Å². The van der Waals surface area contributed by atoms with E-state index in [0.717, 1.165) is 42.7 Å². The molecule has 27 heavy (non-hydrogen) atoms. The maximum Gasteiger partial charge on any atom is 0.243 e. The van der Waals surface area contributed by atoms with Crippen molar-refractivity contribution in [3.8, 4) is 17.0 Å². The van der Waals surface area contributed by atoms with Gasteiger partial charge in [0.25, 0.3) is 0 Å². The van der Waals surface area contributed by atoms with Crippen molar-refractivity contribution in [3.63, 3.8) is 0 Å². The van der Waals surface area contributed by atoms with Crippen LogP contribution < -0.4 is 4.74 Å². The zero-order chi connectivity index (χ0) is 20.0. The van der Waals surface area contributed by atoms with Crippen molar-refractivity contribution in [1.82, 2.24) is 14.7 Å². The number of aromatic nitrogens is 2. The SMILES string of the molecule is CCCCc1cn(CC(=O)N(C)C)nc1-c1cc(C(C)CC)ccc1OC. The molecule has 0 aliphatic carbocycles. The van der Waals surface area contributed by atoms with E-state index < -0.39 is 0 Å². The van der Waals surface area contributed by atoms with Crippen LogP contribution in [0.4, 0.5) is 0 Å². The zero-order valence-corrected chi connectivity index (χ0v) is 17.6. The van der Waals surface area contributed by atoms with Crippen molar-refractivity contribution in [2.24, 2.45) is 0 Å². The Bertz CT molecular complexity index is 765.